The standard InChI is InChI=1S/C17H11Cl2F7N2O/c18-12-3-1-10(2-4-12)9-29-14-6-5-13(19)7-11(14)8-27-28-17(25,26)15(20,21)16(22,23)24/h1-8,28H,9H2/b27-8-. The Balaban J connectivity index is 2.15. The van der Waals surface area contributed by atoms with Gasteiger partial charge in [-0.25, -0.2) is 5.43 Å². The molecule has 0 aliphatic rings. The summed E-state index contributed by atoms with van der Waals surface area (Å²) in [7, 11) is 0. The van der Waals surface area contributed by atoms with Crippen LogP contribution in [0.5, 0.6) is 5.75 Å². The molecule has 158 valence electrons. The summed E-state index contributed by atoms with van der Waals surface area (Å²) in [6.07, 6.45) is -5.88. The summed E-state index contributed by atoms with van der Waals surface area (Å²) in [4.78, 5) is 0. The first-order chi connectivity index (χ1) is 13.3. The predicted octanol–water partition coefficient (Wildman–Crippen LogP) is 6.29. The van der Waals surface area contributed by atoms with Gasteiger partial charge in [0.15, 0.2) is 0 Å². The lowest BCUT2D eigenvalue weighted by Gasteiger charge is -2.27. The average molecular weight is 463 g/mol. The number of halogens is 9. The van der Waals surface area contributed by atoms with E-state index < -0.39 is 18.1 Å². The van der Waals surface area contributed by atoms with E-state index in [4.69, 9.17) is 27.9 Å². The normalized spacial score (nSPS) is 13.0. The number of hydrogen-bond donors (Lipinski definition) is 1. The van der Waals surface area contributed by atoms with Crippen molar-refractivity contribution < 1.29 is 35.5 Å². The summed E-state index contributed by atoms with van der Waals surface area (Å²) >= 11 is 11.5. The van der Waals surface area contributed by atoms with Crippen molar-refractivity contribution in [3.8, 4) is 5.75 Å². The molecule has 0 fully saturated rings. The fourth-order valence-corrected chi connectivity index (χ4v) is 2.23. The molecule has 2 aromatic carbocycles. The average Bonchev–Trinajstić information content (AvgIpc) is 2.61. The first-order valence-corrected chi connectivity index (χ1v) is 8.38. The zero-order valence-electron chi connectivity index (χ0n) is 14.1. The van der Waals surface area contributed by atoms with Crippen molar-refractivity contribution in [2.24, 2.45) is 5.10 Å². The van der Waals surface area contributed by atoms with Gasteiger partial charge in [-0.15, -0.1) is 0 Å². The van der Waals surface area contributed by atoms with E-state index in [-0.39, 0.29) is 22.9 Å². The second-order valence-corrected chi connectivity index (χ2v) is 6.49. The number of nitrogens with zero attached hydrogens (tertiary/aromatic N) is 1. The molecule has 0 spiro atoms. The molecule has 0 aliphatic heterocycles. The topological polar surface area (TPSA) is 33.6 Å². The molecule has 12 heteroatoms. The summed E-state index contributed by atoms with van der Waals surface area (Å²) in [5, 5.41) is 3.42. The first-order valence-electron chi connectivity index (χ1n) is 7.63. The molecule has 0 atom stereocenters. The molecule has 0 saturated carbocycles. The van der Waals surface area contributed by atoms with Gasteiger partial charge in [0.05, 0.1) is 6.21 Å². The lowest BCUT2D eigenvalue weighted by atomic mass is 10.2. The minimum Gasteiger partial charge on any atom is -0.488 e. The number of nitrogens with one attached hydrogen (secondary N) is 1. The van der Waals surface area contributed by atoms with Crippen LogP contribution in [-0.4, -0.2) is 24.4 Å². The molecule has 0 radical (unpaired) electrons. The van der Waals surface area contributed by atoms with Gasteiger partial charge in [0, 0.05) is 15.6 Å². The third-order valence-electron chi connectivity index (χ3n) is 3.44. The molecule has 0 unspecified atom stereocenters. The van der Waals surface area contributed by atoms with Crippen molar-refractivity contribution in [2.75, 3.05) is 0 Å². The Morgan fingerprint density at radius 1 is 0.897 bits per heavy atom. The Labute approximate surface area is 170 Å². The Bertz CT molecular complexity index is 871. The van der Waals surface area contributed by atoms with Crippen molar-refractivity contribution in [1.82, 2.24) is 5.43 Å². The zero-order valence-corrected chi connectivity index (χ0v) is 15.6. The zero-order chi connectivity index (χ0) is 21.9. The highest BCUT2D eigenvalue weighted by Gasteiger charge is 2.73. The molecular formula is C17H11Cl2F7N2O. The second kappa shape index (κ2) is 8.66. The van der Waals surface area contributed by atoms with Crippen LogP contribution in [0.1, 0.15) is 11.1 Å². The van der Waals surface area contributed by atoms with Crippen molar-refractivity contribution in [3.63, 3.8) is 0 Å². The van der Waals surface area contributed by atoms with E-state index in [1.54, 1.807) is 24.3 Å². The molecule has 29 heavy (non-hydrogen) atoms. The quantitative estimate of drug-likeness (QED) is 0.227. The maximum atomic E-state index is 13.2. The first kappa shape index (κ1) is 23.1. The van der Waals surface area contributed by atoms with E-state index in [0.717, 1.165) is 0 Å². The van der Waals surface area contributed by atoms with Crippen molar-refractivity contribution in [1.29, 1.82) is 0 Å². The van der Waals surface area contributed by atoms with Crippen molar-refractivity contribution >= 4 is 29.4 Å². The van der Waals surface area contributed by atoms with E-state index in [9.17, 15) is 30.7 Å². The predicted molar refractivity (Wildman–Crippen MR) is 93.9 cm³/mol. The van der Waals surface area contributed by atoms with Gasteiger partial charge in [-0.1, -0.05) is 35.3 Å². The summed E-state index contributed by atoms with van der Waals surface area (Å²) in [6.45, 7) is 0.0232. The molecule has 0 aliphatic carbocycles. The molecular weight excluding hydrogens is 452 g/mol. The largest absolute Gasteiger partial charge is 0.488 e. The highest BCUT2D eigenvalue weighted by atomic mass is 35.5. The Morgan fingerprint density at radius 3 is 2.07 bits per heavy atom. The molecule has 0 saturated heterocycles. The number of ether oxygens (including phenoxy) is 1. The summed E-state index contributed by atoms with van der Waals surface area (Å²) in [6, 6.07) is 4.81. The van der Waals surface area contributed by atoms with Crippen LogP contribution < -0.4 is 10.2 Å². The summed E-state index contributed by atoms with van der Waals surface area (Å²) in [5.41, 5.74) is 1.19. The Morgan fingerprint density at radius 2 is 1.48 bits per heavy atom. The van der Waals surface area contributed by atoms with Crippen LogP contribution in [0.2, 0.25) is 10.0 Å². The third kappa shape index (κ3) is 5.66. The molecule has 2 aromatic rings. The maximum Gasteiger partial charge on any atom is 0.462 e. The van der Waals surface area contributed by atoms with Crippen molar-refractivity contribution in [3.05, 3.63) is 63.6 Å². The number of hydrazone groups is 1. The SMILES string of the molecule is FC(F)(F)C(F)(F)C(F)(F)N/N=C\c1cc(Cl)ccc1OCc1ccc(Cl)cc1. The molecule has 0 bridgehead atoms. The number of rotatable bonds is 7. The highest BCUT2D eigenvalue weighted by molar-refractivity contribution is 6.31. The molecule has 0 amide bonds. The smallest absolute Gasteiger partial charge is 0.462 e. The van der Waals surface area contributed by atoms with E-state index in [2.05, 4.69) is 5.10 Å². The van der Waals surface area contributed by atoms with Crippen LogP contribution in [0.4, 0.5) is 30.7 Å². The van der Waals surface area contributed by atoms with Gasteiger partial charge in [0.2, 0.25) is 0 Å². The van der Waals surface area contributed by atoms with Crippen molar-refractivity contribution in [2.45, 2.75) is 24.8 Å². The summed E-state index contributed by atoms with van der Waals surface area (Å²) in [5.74, 6) is -6.26. The monoisotopic (exact) mass is 462 g/mol. The molecule has 0 aromatic heterocycles. The van der Waals surface area contributed by atoms with Crippen LogP contribution in [0.3, 0.4) is 0 Å². The van der Waals surface area contributed by atoms with Gasteiger partial charge < -0.3 is 4.74 Å². The lowest BCUT2D eigenvalue weighted by molar-refractivity contribution is -0.361. The molecule has 2 rings (SSSR count). The van der Waals surface area contributed by atoms with Crippen LogP contribution >= 0.6 is 23.2 Å². The van der Waals surface area contributed by atoms with Gasteiger partial charge in [-0.05, 0) is 35.9 Å². The number of hydrogen-bond acceptors (Lipinski definition) is 3. The van der Waals surface area contributed by atoms with Crippen LogP contribution in [0, 0.1) is 0 Å². The summed E-state index contributed by atoms with van der Waals surface area (Å²) < 4.78 is 94.0. The van der Waals surface area contributed by atoms with Crippen LogP contribution in [0.15, 0.2) is 47.6 Å². The fourth-order valence-electron chi connectivity index (χ4n) is 1.92. The van der Waals surface area contributed by atoms with Gasteiger partial charge in [-0.3, -0.25) is 0 Å². The van der Waals surface area contributed by atoms with Crippen LogP contribution in [-0.2, 0) is 6.61 Å². The van der Waals surface area contributed by atoms with E-state index in [0.29, 0.717) is 22.2 Å². The molecule has 3 nitrogen and oxygen atoms in total. The minimum atomic E-state index is -6.47. The molecule has 1 N–H and O–H groups in total. The third-order valence-corrected chi connectivity index (χ3v) is 3.93. The Kier molecular flexibility index (Phi) is 6.89. The van der Waals surface area contributed by atoms with E-state index >= 15 is 0 Å². The fraction of sp³-hybridized carbons (Fsp3) is 0.235. The molecule has 0 heterocycles. The highest BCUT2D eigenvalue weighted by Crippen LogP contribution is 2.45. The van der Waals surface area contributed by atoms with Gasteiger partial charge >= 0.3 is 18.1 Å². The van der Waals surface area contributed by atoms with E-state index in [1.807, 2.05) is 0 Å². The van der Waals surface area contributed by atoms with Gasteiger partial charge in [-0.2, -0.15) is 35.8 Å². The lowest BCUT2D eigenvalue weighted by Crippen LogP contribution is -2.58. The van der Waals surface area contributed by atoms with Gasteiger partial charge in [0.25, 0.3) is 0 Å². The van der Waals surface area contributed by atoms with E-state index in [1.165, 1.54) is 18.2 Å². The second-order valence-electron chi connectivity index (χ2n) is 5.61. The maximum absolute atomic E-state index is 13.2. The number of benzene rings is 2. The number of alkyl halides is 7. The Hall–Kier alpha value is -2.20. The minimum absolute atomic E-state index is 0.0232. The van der Waals surface area contributed by atoms with Crippen LogP contribution in [0.25, 0.3) is 0 Å². The van der Waals surface area contributed by atoms with Gasteiger partial charge in [0.1, 0.15) is 12.4 Å².